The molecule has 0 heterocycles. The van der Waals surface area contributed by atoms with Gasteiger partial charge < -0.3 is 0 Å². The molecule has 0 fully saturated rings. The Morgan fingerprint density at radius 2 is 0.571 bits per heavy atom. The first-order chi connectivity index (χ1) is 2.45. The molecule has 0 aromatic heterocycles. The second kappa shape index (κ2) is 1.88. The molecule has 48 valence electrons. The molecule has 0 atom stereocenters. The average Bonchev–Trinajstić information content (AvgIpc) is 0.592. The van der Waals surface area contributed by atoms with E-state index in [0.717, 1.165) is 0 Å². The van der Waals surface area contributed by atoms with Crippen molar-refractivity contribution in [1.29, 1.82) is 0 Å². The second-order valence-electron chi connectivity index (χ2n) is 0.875. The standard InChI is InChI=1S/Br6S/c1-7(2,3,4,5)6. The third-order valence-electron chi connectivity index (χ3n) is 0. The molecule has 0 aromatic carbocycles. The Morgan fingerprint density at radius 3 is 0.571 bits per heavy atom. The van der Waals surface area contributed by atoms with Crippen LogP contribution >= 0.6 is 87.8 Å². The van der Waals surface area contributed by atoms with Crippen LogP contribution in [0.4, 0.5) is 0 Å². The Bertz CT molecular complexity index is 62.7. The van der Waals surface area contributed by atoms with Crippen LogP contribution in [0.2, 0.25) is 0 Å². The molecule has 0 radical (unpaired) electrons. The zero-order valence-electron chi connectivity index (χ0n) is 2.68. The first-order valence-electron chi connectivity index (χ1n) is 0.926. The number of halogens is 6. The van der Waals surface area contributed by atoms with Gasteiger partial charge in [0.15, 0.2) is 0 Å². The molecule has 0 bridgehead atoms. The SMILES string of the molecule is BrS(Br)(Br)(Br)(Br)Br. The Morgan fingerprint density at radius 1 is 0.571 bits per heavy atom. The summed E-state index contributed by atoms with van der Waals surface area (Å²) in [5.41, 5.74) is 0. The fourth-order valence-electron chi connectivity index (χ4n) is 0. The summed E-state index contributed by atoms with van der Waals surface area (Å²) < 4.78 is -2.60. The molecule has 0 saturated carbocycles. The Labute approximate surface area is 86.0 Å². The lowest BCUT2D eigenvalue weighted by Gasteiger charge is -2.45. The van der Waals surface area contributed by atoms with Gasteiger partial charge in [-0.15, -0.1) is 0 Å². The van der Waals surface area contributed by atoms with Crippen LogP contribution in [-0.2, 0) is 0 Å². The highest BCUT2D eigenvalue weighted by Crippen LogP contribution is 3.20. The first kappa shape index (κ1) is 10.2. The third-order valence-corrected chi connectivity index (χ3v) is 0. The van der Waals surface area contributed by atoms with E-state index in [9.17, 15) is 0 Å². The molecular formula is Br6S. The lowest BCUT2D eigenvalue weighted by atomic mass is 31.9. The van der Waals surface area contributed by atoms with Crippen LogP contribution < -0.4 is 0 Å². The van der Waals surface area contributed by atoms with E-state index in [1.165, 1.54) is 0 Å². The zero-order chi connectivity index (χ0) is 6.41. The van der Waals surface area contributed by atoms with E-state index in [1.807, 2.05) is 0 Å². The van der Waals surface area contributed by atoms with Gasteiger partial charge in [-0.2, -0.15) is 0 Å². The van der Waals surface area contributed by atoms with Gasteiger partial charge in [-0.25, -0.2) is 0 Å². The fraction of sp³-hybridized carbons (Fsp3) is 0. The van der Waals surface area contributed by atoms with Crippen LogP contribution in [0, 0.1) is 0 Å². The maximum Gasteiger partial charge on any atom is 0.00100 e. The molecule has 0 aliphatic rings. The normalized spacial score (nSPS) is 23.1. The molecule has 7 heteroatoms. The van der Waals surface area contributed by atoms with Gasteiger partial charge in [0.05, 0.1) is 0 Å². The molecule has 0 aromatic rings. The van der Waals surface area contributed by atoms with E-state index in [4.69, 9.17) is 0 Å². The minimum absolute atomic E-state index is 2.60. The van der Waals surface area contributed by atoms with Crippen LogP contribution in [-0.4, -0.2) is 0 Å². The predicted molar refractivity (Wildman–Crippen MR) is 61.2 cm³/mol. The predicted octanol–water partition coefficient (Wildman–Crippen LogP) is 5.72. The van der Waals surface area contributed by atoms with Crippen molar-refractivity contribution < 1.29 is 0 Å². The van der Waals surface area contributed by atoms with Gasteiger partial charge in [0.1, 0.15) is 0 Å². The Hall–Kier alpha value is 3.23. The first-order valence-corrected chi connectivity index (χ1v) is 14.4. The largest absolute Gasteiger partial charge is 0.00603 e. The lowest BCUT2D eigenvalue weighted by molar-refractivity contribution is 5.72. The number of hydrogen-bond donors (Lipinski definition) is 0. The molecule has 0 N–H and O–H groups in total. The van der Waals surface area contributed by atoms with Crippen molar-refractivity contribution in [2.45, 2.75) is 0 Å². The van der Waals surface area contributed by atoms with Crippen molar-refractivity contribution in [1.82, 2.24) is 0 Å². The van der Waals surface area contributed by atoms with Crippen molar-refractivity contribution in [3.05, 3.63) is 0 Å². The van der Waals surface area contributed by atoms with Crippen LogP contribution in [0.25, 0.3) is 0 Å². The van der Waals surface area contributed by atoms with Gasteiger partial charge in [0.2, 0.25) is 0 Å². The quantitative estimate of drug-likeness (QED) is 0.390. The highest BCUT2D eigenvalue weighted by molar-refractivity contribution is 10.8. The minimum Gasteiger partial charge on any atom is -0.00603 e. The summed E-state index contributed by atoms with van der Waals surface area (Å²) in [6.45, 7) is 0. The lowest BCUT2D eigenvalue weighted by Crippen LogP contribution is -1.70. The maximum atomic E-state index is 3.28. The smallest absolute Gasteiger partial charge is 0.00100 e. The summed E-state index contributed by atoms with van der Waals surface area (Å²) in [6.07, 6.45) is 0. The molecule has 7 heavy (non-hydrogen) atoms. The summed E-state index contributed by atoms with van der Waals surface area (Å²) >= 11 is 19.7. The van der Waals surface area contributed by atoms with E-state index in [-0.39, 0.29) is 0 Å². The van der Waals surface area contributed by atoms with Gasteiger partial charge in [0, 0.05) is 88.9 Å². The van der Waals surface area contributed by atoms with Crippen molar-refractivity contribution in [3.8, 4) is 0 Å². The van der Waals surface area contributed by atoms with E-state index in [2.05, 4.69) is 88.9 Å². The Kier molecular flexibility index (Phi) is 2.75. The topological polar surface area (TPSA) is 0 Å². The molecule has 0 aliphatic heterocycles. The van der Waals surface area contributed by atoms with Crippen LogP contribution in [0.3, 0.4) is 0 Å². The molecular weight excluding hydrogens is 511 g/mol. The van der Waals surface area contributed by atoms with Crippen molar-refractivity contribution in [2.75, 3.05) is 0 Å². The number of hydrogen-bond acceptors (Lipinski definition) is 0. The monoisotopic (exact) mass is 505 g/mol. The van der Waals surface area contributed by atoms with E-state index in [1.54, 1.807) is 0 Å². The molecule has 0 amide bonds. The van der Waals surface area contributed by atoms with Crippen LogP contribution in [0.15, 0.2) is 0 Å². The maximum absolute atomic E-state index is 3.28. The number of rotatable bonds is 0. The van der Waals surface area contributed by atoms with Crippen LogP contribution in [0.1, 0.15) is 0 Å². The van der Waals surface area contributed by atoms with Crippen molar-refractivity contribution in [2.24, 2.45) is 0 Å². The Balaban J connectivity index is 4.43. The molecule has 0 spiro atoms. The molecule has 0 unspecified atom stereocenters. The van der Waals surface area contributed by atoms with Crippen molar-refractivity contribution >= 4 is 87.8 Å². The average molecular weight is 511 g/mol. The van der Waals surface area contributed by atoms with Gasteiger partial charge in [-0.1, -0.05) is 0 Å². The van der Waals surface area contributed by atoms with E-state index >= 15 is 0 Å². The van der Waals surface area contributed by atoms with Gasteiger partial charge >= 0.3 is 0 Å². The fourth-order valence-corrected chi connectivity index (χ4v) is 0. The summed E-state index contributed by atoms with van der Waals surface area (Å²) in [6, 6.07) is 0. The molecule has 0 rings (SSSR count). The zero-order valence-corrected chi connectivity index (χ0v) is 13.0. The molecule has 0 saturated heterocycles. The van der Waals surface area contributed by atoms with Crippen molar-refractivity contribution in [3.63, 3.8) is 0 Å². The van der Waals surface area contributed by atoms with Gasteiger partial charge in [0.25, 0.3) is 0 Å². The summed E-state index contributed by atoms with van der Waals surface area (Å²) in [5.74, 6) is 0. The summed E-state index contributed by atoms with van der Waals surface area (Å²) in [7, 11) is 0. The highest BCUT2D eigenvalue weighted by Gasteiger charge is 2.45. The molecule has 0 nitrogen and oxygen atoms in total. The van der Waals surface area contributed by atoms with E-state index in [0.29, 0.717) is 0 Å². The van der Waals surface area contributed by atoms with Gasteiger partial charge in [-0.05, 0) is -1.11 Å². The summed E-state index contributed by atoms with van der Waals surface area (Å²) in [4.78, 5) is 0. The highest BCUT2D eigenvalue weighted by atomic mass is 80.0. The van der Waals surface area contributed by atoms with E-state index < -0.39 is -1.11 Å². The minimum atomic E-state index is -2.60. The molecule has 0 aliphatic carbocycles. The van der Waals surface area contributed by atoms with Gasteiger partial charge in [-0.3, -0.25) is 0 Å². The third kappa shape index (κ3) is 46.2. The summed E-state index contributed by atoms with van der Waals surface area (Å²) in [5, 5.41) is 0. The second-order valence-corrected chi connectivity index (χ2v) is 70.9. The van der Waals surface area contributed by atoms with Crippen LogP contribution in [0.5, 0.6) is 0 Å².